The van der Waals surface area contributed by atoms with Gasteiger partial charge in [0.05, 0.1) is 0 Å². The minimum Gasteiger partial charge on any atom is -0.343 e. The number of hydrogen-bond donors (Lipinski definition) is 0. The Morgan fingerprint density at radius 3 is 2.37 bits per heavy atom. The summed E-state index contributed by atoms with van der Waals surface area (Å²) in [6.07, 6.45) is 2.69. The second kappa shape index (κ2) is 6.71. The summed E-state index contributed by atoms with van der Waals surface area (Å²) in [6.45, 7) is 1.30. The molecule has 1 fully saturated rings. The van der Waals surface area contributed by atoms with Gasteiger partial charge in [0.15, 0.2) is 0 Å². The van der Waals surface area contributed by atoms with Gasteiger partial charge >= 0.3 is 0 Å². The predicted octanol–water partition coefficient (Wildman–Crippen LogP) is 2.62. The number of likely N-dealkylation sites (tertiary alicyclic amines) is 1. The maximum Gasteiger partial charge on any atom is 0.224 e. The Labute approximate surface area is 118 Å². The highest BCUT2D eigenvalue weighted by Crippen LogP contribution is 2.20. The van der Waals surface area contributed by atoms with Crippen LogP contribution in [-0.2, 0) is 16.0 Å². The zero-order valence-electron chi connectivity index (χ0n) is 10.8. The van der Waals surface area contributed by atoms with E-state index in [4.69, 9.17) is 11.6 Å². The maximum atomic E-state index is 12.1. The molecule has 19 heavy (non-hydrogen) atoms. The highest BCUT2D eigenvalue weighted by atomic mass is 35.5. The molecule has 0 bridgehead atoms. The van der Waals surface area contributed by atoms with Crippen molar-refractivity contribution in [3.63, 3.8) is 0 Å². The zero-order chi connectivity index (χ0) is 13.7. The third-order valence-electron chi connectivity index (χ3n) is 3.64. The molecule has 0 atom stereocenters. The third kappa shape index (κ3) is 4.06. The van der Waals surface area contributed by atoms with Gasteiger partial charge in [0.1, 0.15) is 0 Å². The molecule has 0 spiro atoms. The largest absolute Gasteiger partial charge is 0.343 e. The van der Waals surface area contributed by atoms with Gasteiger partial charge in [-0.3, -0.25) is 9.59 Å². The van der Waals surface area contributed by atoms with Crippen LogP contribution in [0, 0.1) is 5.92 Å². The molecule has 0 N–H and O–H groups in total. The molecule has 1 heterocycles. The minimum atomic E-state index is -0.267. The number of aryl methyl sites for hydroxylation is 1. The van der Waals surface area contributed by atoms with E-state index in [2.05, 4.69) is 0 Å². The van der Waals surface area contributed by atoms with E-state index in [1.165, 1.54) is 5.56 Å². The van der Waals surface area contributed by atoms with Crippen molar-refractivity contribution < 1.29 is 9.59 Å². The Kier molecular flexibility index (Phi) is 4.97. The molecule has 1 amide bonds. The van der Waals surface area contributed by atoms with Crippen LogP contribution < -0.4 is 0 Å². The lowest BCUT2D eigenvalue weighted by Gasteiger charge is -2.30. The molecule has 3 nitrogen and oxygen atoms in total. The summed E-state index contributed by atoms with van der Waals surface area (Å²) >= 11 is 5.48. The molecule has 0 saturated carbocycles. The molecule has 1 aliphatic heterocycles. The van der Waals surface area contributed by atoms with Gasteiger partial charge in [-0.2, -0.15) is 0 Å². The van der Waals surface area contributed by atoms with Gasteiger partial charge in [0, 0.05) is 25.4 Å². The van der Waals surface area contributed by atoms with Crippen molar-refractivity contribution >= 4 is 22.8 Å². The highest BCUT2D eigenvalue weighted by molar-refractivity contribution is 6.63. The minimum absolute atomic E-state index is 0.0696. The van der Waals surface area contributed by atoms with Crippen LogP contribution >= 0.6 is 11.6 Å². The first kappa shape index (κ1) is 14.1. The van der Waals surface area contributed by atoms with E-state index in [9.17, 15) is 9.59 Å². The maximum absolute atomic E-state index is 12.1. The van der Waals surface area contributed by atoms with Gasteiger partial charge in [-0.1, -0.05) is 30.3 Å². The van der Waals surface area contributed by atoms with Gasteiger partial charge in [0.25, 0.3) is 0 Å². The normalized spacial score (nSPS) is 16.4. The van der Waals surface area contributed by atoms with Crippen LogP contribution in [0.2, 0.25) is 0 Å². The summed E-state index contributed by atoms with van der Waals surface area (Å²) in [5.74, 6) is 0.101. The fourth-order valence-electron chi connectivity index (χ4n) is 2.41. The molecule has 0 radical (unpaired) electrons. The number of amides is 1. The highest BCUT2D eigenvalue weighted by Gasteiger charge is 2.25. The fraction of sp³-hybridized carbons (Fsp3) is 0.467. The molecular weight excluding hydrogens is 262 g/mol. The molecule has 2 rings (SSSR count). The first-order valence-corrected chi connectivity index (χ1v) is 7.05. The van der Waals surface area contributed by atoms with E-state index in [0.717, 1.165) is 6.42 Å². The molecule has 0 unspecified atom stereocenters. The lowest BCUT2D eigenvalue weighted by molar-refractivity contribution is -0.133. The number of carbonyl (C=O) groups excluding carboxylic acids is 2. The molecule has 1 saturated heterocycles. The Morgan fingerprint density at radius 1 is 1.16 bits per heavy atom. The van der Waals surface area contributed by atoms with Gasteiger partial charge in [-0.05, 0) is 36.4 Å². The Hall–Kier alpha value is -1.35. The van der Waals surface area contributed by atoms with Crippen molar-refractivity contribution in [2.24, 2.45) is 5.92 Å². The van der Waals surface area contributed by atoms with E-state index in [0.29, 0.717) is 32.4 Å². The Bertz CT molecular complexity index is 439. The van der Waals surface area contributed by atoms with Crippen molar-refractivity contribution in [3.05, 3.63) is 35.9 Å². The molecule has 0 aliphatic carbocycles. The standard InChI is InChI=1S/C15H18ClNO2/c16-15(19)13-8-10-17(11-9-13)14(18)7-6-12-4-2-1-3-5-12/h1-5,13H,6-11H2. The first-order chi connectivity index (χ1) is 9.16. The summed E-state index contributed by atoms with van der Waals surface area (Å²) in [7, 11) is 0. The van der Waals surface area contributed by atoms with Gasteiger partial charge in [-0.15, -0.1) is 0 Å². The van der Waals surface area contributed by atoms with Crippen LogP contribution in [0.5, 0.6) is 0 Å². The second-order valence-corrected chi connectivity index (χ2v) is 5.32. The van der Waals surface area contributed by atoms with Crippen LogP contribution in [0.15, 0.2) is 30.3 Å². The monoisotopic (exact) mass is 279 g/mol. The van der Waals surface area contributed by atoms with Crippen molar-refractivity contribution in [1.82, 2.24) is 4.90 Å². The predicted molar refractivity (Wildman–Crippen MR) is 74.9 cm³/mol. The van der Waals surface area contributed by atoms with Crippen molar-refractivity contribution in [2.75, 3.05) is 13.1 Å². The number of rotatable bonds is 4. The fourth-order valence-corrected chi connectivity index (χ4v) is 2.63. The average Bonchev–Trinajstić information content (AvgIpc) is 2.46. The van der Waals surface area contributed by atoms with Gasteiger partial charge in [-0.25, -0.2) is 0 Å². The molecular formula is C15H18ClNO2. The average molecular weight is 280 g/mol. The second-order valence-electron chi connectivity index (χ2n) is 4.94. The Morgan fingerprint density at radius 2 is 1.79 bits per heavy atom. The molecule has 102 valence electrons. The summed E-state index contributed by atoms with van der Waals surface area (Å²) in [6, 6.07) is 10.0. The van der Waals surface area contributed by atoms with E-state index < -0.39 is 0 Å². The van der Waals surface area contributed by atoms with Crippen LogP contribution in [0.3, 0.4) is 0 Å². The smallest absolute Gasteiger partial charge is 0.224 e. The number of hydrogen-bond acceptors (Lipinski definition) is 2. The first-order valence-electron chi connectivity index (χ1n) is 6.68. The summed E-state index contributed by atoms with van der Waals surface area (Å²) in [5, 5.41) is -0.267. The van der Waals surface area contributed by atoms with Crippen molar-refractivity contribution in [2.45, 2.75) is 25.7 Å². The van der Waals surface area contributed by atoms with Gasteiger partial charge in [0.2, 0.25) is 11.1 Å². The summed E-state index contributed by atoms with van der Waals surface area (Å²) in [5.41, 5.74) is 1.18. The van der Waals surface area contributed by atoms with Crippen LogP contribution in [0.1, 0.15) is 24.8 Å². The molecule has 1 aliphatic rings. The van der Waals surface area contributed by atoms with E-state index in [-0.39, 0.29) is 17.1 Å². The summed E-state index contributed by atoms with van der Waals surface area (Å²) < 4.78 is 0. The lowest BCUT2D eigenvalue weighted by atomic mass is 9.98. The number of halogens is 1. The third-order valence-corrected chi connectivity index (χ3v) is 3.95. The number of piperidine rings is 1. The van der Waals surface area contributed by atoms with Gasteiger partial charge < -0.3 is 4.90 Å². The van der Waals surface area contributed by atoms with E-state index in [1.54, 1.807) is 0 Å². The number of nitrogens with zero attached hydrogens (tertiary/aromatic N) is 1. The number of benzene rings is 1. The topological polar surface area (TPSA) is 37.4 Å². The molecule has 0 aromatic heterocycles. The van der Waals surface area contributed by atoms with Crippen LogP contribution in [0.25, 0.3) is 0 Å². The molecule has 1 aromatic carbocycles. The lowest BCUT2D eigenvalue weighted by Crippen LogP contribution is -2.39. The number of carbonyl (C=O) groups is 2. The molecule has 1 aromatic rings. The van der Waals surface area contributed by atoms with Crippen molar-refractivity contribution in [3.8, 4) is 0 Å². The van der Waals surface area contributed by atoms with E-state index >= 15 is 0 Å². The Balaban J connectivity index is 1.77. The quantitative estimate of drug-likeness (QED) is 0.795. The SMILES string of the molecule is O=C(Cl)C1CCN(C(=O)CCc2ccccc2)CC1. The van der Waals surface area contributed by atoms with Crippen LogP contribution in [-0.4, -0.2) is 29.1 Å². The zero-order valence-corrected chi connectivity index (χ0v) is 11.6. The summed E-state index contributed by atoms with van der Waals surface area (Å²) in [4.78, 5) is 25.0. The van der Waals surface area contributed by atoms with Crippen LogP contribution in [0.4, 0.5) is 0 Å². The molecule has 4 heteroatoms. The van der Waals surface area contributed by atoms with E-state index in [1.807, 2.05) is 35.2 Å². The van der Waals surface area contributed by atoms with Crippen molar-refractivity contribution in [1.29, 1.82) is 0 Å².